The van der Waals surface area contributed by atoms with Crippen LogP contribution in [0, 0.1) is 29.4 Å². The Morgan fingerprint density at radius 3 is 2.38 bits per heavy atom. The lowest BCUT2D eigenvalue weighted by Crippen LogP contribution is -2.44. The molecule has 250 valence electrons. The number of halogens is 2. The minimum absolute atomic E-state index is 0.00900. The van der Waals surface area contributed by atoms with Gasteiger partial charge in [-0.1, -0.05) is 57.9 Å². The minimum Gasteiger partial charge on any atom is -0.463 e. The summed E-state index contributed by atoms with van der Waals surface area (Å²) in [6, 6.07) is 8.22. The lowest BCUT2D eigenvalue weighted by molar-refractivity contribution is 0.0231. The van der Waals surface area contributed by atoms with Crippen LogP contribution in [-0.4, -0.2) is 85.5 Å². The highest BCUT2D eigenvalue weighted by molar-refractivity contribution is 6.04. The SMILES string of the molecule is C#Cc1c(F)ccc2cccc(-c3nc(N)c4c(N5CCNCC5)nc(OCC5(CN6CCOCC6)CC5)nc4c3F)c12.CC.CC. The summed E-state index contributed by atoms with van der Waals surface area (Å²) in [6.07, 6.45) is 7.79. The van der Waals surface area contributed by atoms with Crippen LogP contribution in [0.4, 0.5) is 20.4 Å². The first-order chi connectivity index (χ1) is 23.0. The number of hydrogen-bond acceptors (Lipinski definition) is 9. The monoisotopic (exact) mass is 645 g/mol. The predicted molar refractivity (Wildman–Crippen MR) is 185 cm³/mol. The van der Waals surface area contributed by atoms with E-state index < -0.39 is 11.6 Å². The van der Waals surface area contributed by atoms with Gasteiger partial charge in [0, 0.05) is 62.2 Å². The number of nitrogens with two attached hydrogens (primary N) is 1. The third-order valence-electron chi connectivity index (χ3n) is 8.71. The molecular formula is C36H45F2N7O2. The van der Waals surface area contributed by atoms with E-state index in [1.54, 1.807) is 24.3 Å². The average Bonchev–Trinajstić information content (AvgIpc) is 3.90. The number of anilines is 2. The maximum absolute atomic E-state index is 16.7. The molecule has 11 heteroatoms. The number of nitrogens with one attached hydrogen (secondary N) is 1. The fourth-order valence-electron chi connectivity index (χ4n) is 6.18. The van der Waals surface area contributed by atoms with E-state index >= 15 is 4.39 Å². The summed E-state index contributed by atoms with van der Waals surface area (Å²) in [5, 5.41) is 4.71. The first-order valence-electron chi connectivity index (χ1n) is 16.7. The second-order valence-electron chi connectivity index (χ2n) is 11.6. The van der Waals surface area contributed by atoms with Gasteiger partial charge in [0.05, 0.1) is 30.8 Å². The molecule has 3 aliphatic rings. The van der Waals surface area contributed by atoms with Crippen LogP contribution in [0.2, 0.25) is 0 Å². The lowest BCUT2D eigenvalue weighted by Gasteiger charge is -2.31. The molecule has 1 saturated carbocycles. The number of nitrogen functional groups attached to an aromatic ring is 1. The van der Waals surface area contributed by atoms with Crippen LogP contribution in [0.5, 0.6) is 6.01 Å². The molecule has 0 spiro atoms. The van der Waals surface area contributed by atoms with Crippen LogP contribution < -0.4 is 20.7 Å². The number of fused-ring (bicyclic) bond motifs is 2. The van der Waals surface area contributed by atoms with Crippen LogP contribution in [-0.2, 0) is 4.74 Å². The van der Waals surface area contributed by atoms with E-state index in [-0.39, 0.29) is 34.0 Å². The third-order valence-corrected chi connectivity index (χ3v) is 8.71. The summed E-state index contributed by atoms with van der Waals surface area (Å²) >= 11 is 0. The molecule has 0 bridgehead atoms. The van der Waals surface area contributed by atoms with E-state index in [4.69, 9.17) is 26.6 Å². The number of hydrogen-bond donors (Lipinski definition) is 2. The van der Waals surface area contributed by atoms with Gasteiger partial charge in [0.15, 0.2) is 5.82 Å². The Kier molecular flexibility index (Phi) is 11.1. The van der Waals surface area contributed by atoms with Crippen molar-refractivity contribution in [2.75, 3.05) is 76.3 Å². The summed E-state index contributed by atoms with van der Waals surface area (Å²) in [4.78, 5) is 18.3. The normalized spacial score (nSPS) is 17.3. The molecule has 7 rings (SSSR count). The number of terminal acetylenes is 1. The molecule has 47 heavy (non-hydrogen) atoms. The molecule has 0 unspecified atom stereocenters. The van der Waals surface area contributed by atoms with Gasteiger partial charge in [-0.05, 0) is 24.3 Å². The molecule has 2 aliphatic heterocycles. The third kappa shape index (κ3) is 7.10. The minimum atomic E-state index is -0.693. The van der Waals surface area contributed by atoms with E-state index in [9.17, 15) is 4.39 Å². The first kappa shape index (κ1) is 34.2. The van der Waals surface area contributed by atoms with Gasteiger partial charge in [-0.2, -0.15) is 9.97 Å². The Balaban J connectivity index is 0.00000105. The highest BCUT2D eigenvalue weighted by Crippen LogP contribution is 2.47. The van der Waals surface area contributed by atoms with E-state index in [1.807, 2.05) is 27.7 Å². The second kappa shape index (κ2) is 15.2. The molecule has 0 radical (unpaired) electrons. The fourth-order valence-corrected chi connectivity index (χ4v) is 6.18. The van der Waals surface area contributed by atoms with Gasteiger partial charge in [0.2, 0.25) is 0 Å². The molecule has 0 atom stereocenters. The number of piperazine rings is 1. The summed E-state index contributed by atoms with van der Waals surface area (Å²) in [5.41, 5.74) is 6.90. The summed E-state index contributed by atoms with van der Waals surface area (Å²) in [7, 11) is 0. The zero-order chi connectivity index (χ0) is 33.6. The van der Waals surface area contributed by atoms with Crippen molar-refractivity contribution in [2.24, 2.45) is 5.41 Å². The zero-order valence-electron chi connectivity index (χ0n) is 27.8. The molecule has 4 heterocycles. The van der Waals surface area contributed by atoms with Crippen molar-refractivity contribution in [1.29, 1.82) is 0 Å². The maximum Gasteiger partial charge on any atom is 0.319 e. The Morgan fingerprint density at radius 2 is 1.70 bits per heavy atom. The van der Waals surface area contributed by atoms with E-state index in [0.717, 1.165) is 58.8 Å². The average molecular weight is 646 g/mol. The van der Waals surface area contributed by atoms with Gasteiger partial charge in [-0.15, -0.1) is 6.42 Å². The van der Waals surface area contributed by atoms with Crippen LogP contribution >= 0.6 is 0 Å². The fraction of sp³-hybridized carbons (Fsp3) is 0.472. The largest absolute Gasteiger partial charge is 0.463 e. The number of benzene rings is 2. The van der Waals surface area contributed by atoms with E-state index in [0.29, 0.717) is 47.2 Å². The predicted octanol–water partition coefficient (Wildman–Crippen LogP) is 5.64. The van der Waals surface area contributed by atoms with Crippen molar-refractivity contribution >= 4 is 33.3 Å². The highest BCUT2D eigenvalue weighted by atomic mass is 19.1. The Bertz CT molecular complexity index is 1740. The number of rotatable bonds is 7. The molecule has 2 aromatic heterocycles. The van der Waals surface area contributed by atoms with Crippen molar-refractivity contribution in [1.82, 2.24) is 25.2 Å². The molecule has 3 N–H and O–H groups in total. The Morgan fingerprint density at radius 1 is 0.979 bits per heavy atom. The van der Waals surface area contributed by atoms with Gasteiger partial charge < -0.3 is 25.4 Å². The van der Waals surface area contributed by atoms with Crippen LogP contribution in [0.3, 0.4) is 0 Å². The number of morpholine rings is 1. The molecule has 0 amide bonds. The quantitative estimate of drug-likeness (QED) is 0.247. The van der Waals surface area contributed by atoms with Gasteiger partial charge in [0.25, 0.3) is 0 Å². The highest BCUT2D eigenvalue weighted by Gasteiger charge is 2.45. The molecular weight excluding hydrogens is 600 g/mol. The van der Waals surface area contributed by atoms with Crippen molar-refractivity contribution in [3.63, 3.8) is 0 Å². The summed E-state index contributed by atoms with van der Waals surface area (Å²) in [6.45, 7) is 15.4. The van der Waals surface area contributed by atoms with Gasteiger partial charge in [0.1, 0.15) is 28.7 Å². The molecule has 1 aliphatic carbocycles. The number of pyridine rings is 1. The molecule has 2 aromatic carbocycles. The Labute approximate surface area is 275 Å². The second-order valence-corrected chi connectivity index (χ2v) is 11.6. The number of nitrogens with zero attached hydrogens (tertiary/aromatic N) is 5. The lowest BCUT2D eigenvalue weighted by atomic mass is 9.96. The van der Waals surface area contributed by atoms with Crippen molar-refractivity contribution in [3.05, 3.63) is 47.5 Å². The van der Waals surface area contributed by atoms with Crippen LogP contribution in [0.25, 0.3) is 32.9 Å². The van der Waals surface area contributed by atoms with Gasteiger partial charge in [-0.3, -0.25) is 4.90 Å². The van der Waals surface area contributed by atoms with E-state index in [1.165, 1.54) is 6.07 Å². The first-order valence-corrected chi connectivity index (χ1v) is 16.7. The van der Waals surface area contributed by atoms with Crippen LogP contribution in [0.15, 0.2) is 30.3 Å². The summed E-state index contributed by atoms with van der Waals surface area (Å²) in [5.74, 6) is 1.73. The standard InChI is InChI=1S/C32H33F2N7O2.2C2H6/c1-2-21-23(33)7-6-20-4-3-5-22(24(20)21)27-26(34)28-25(29(35)37-27)30(41-12-10-36-11-13-41)39-31(38-28)43-19-32(8-9-32)18-40-14-16-42-17-15-40;2*1-2/h1,3-7,36H,8-19H2,(H2,35,37);2*1-2H3. The summed E-state index contributed by atoms with van der Waals surface area (Å²) < 4.78 is 43.2. The van der Waals surface area contributed by atoms with Crippen LogP contribution in [0.1, 0.15) is 46.1 Å². The van der Waals surface area contributed by atoms with Gasteiger partial charge in [-0.25, -0.2) is 13.8 Å². The molecule has 4 aromatic rings. The smallest absolute Gasteiger partial charge is 0.319 e. The Hall–Kier alpha value is -4.11. The van der Waals surface area contributed by atoms with Gasteiger partial charge >= 0.3 is 6.01 Å². The van der Waals surface area contributed by atoms with Crippen molar-refractivity contribution in [3.8, 4) is 29.6 Å². The maximum atomic E-state index is 16.7. The van der Waals surface area contributed by atoms with Crippen molar-refractivity contribution in [2.45, 2.75) is 40.5 Å². The molecule has 3 fully saturated rings. The number of ether oxygens (including phenoxy) is 2. The topological polar surface area (TPSA) is 102 Å². The van der Waals surface area contributed by atoms with Crippen molar-refractivity contribution < 1.29 is 18.3 Å². The number of aromatic nitrogens is 3. The van der Waals surface area contributed by atoms with E-state index in [2.05, 4.69) is 31.0 Å². The molecule has 9 nitrogen and oxygen atoms in total. The molecule has 2 saturated heterocycles. The zero-order valence-corrected chi connectivity index (χ0v) is 27.8.